The van der Waals surface area contributed by atoms with E-state index in [9.17, 15) is 4.39 Å². The third-order valence-electron chi connectivity index (χ3n) is 3.18. The number of alkyl halides is 1. The Morgan fingerprint density at radius 3 is 2.77 bits per heavy atom. The summed E-state index contributed by atoms with van der Waals surface area (Å²) >= 11 is 0. The minimum Gasteiger partial charge on any atom is -0.384 e. The molecule has 76 valence electrons. The Morgan fingerprint density at radius 2 is 2.31 bits per heavy atom. The van der Waals surface area contributed by atoms with Crippen LogP contribution in [0.5, 0.6) is 0 Å². The van der Waals surface area contributed by atoms with Crippen LogP contribution < -0.4 is 0 Å². The van der Waals surface area contributed by atoms with E-state index in [1.165, 1.54) is 12.8 Å². The first-order valence-corrected chi connectivity index (χ1v) is 5.09. The highest BCUT2D eigenvalue weighted by Crippen LogP contribution is 2.46. The van der Waals surface area contributed by atoms with Gasteiger partial charge in [-0.05, 0) is 19.3 Å². The molecule has 1 saturated heterocycles. The molecule has 13 heavy (non-hydrogen) atoms. The van der Waals surface area contributed by atoms with Crippen molar-refractivity contribution in [3.05, 3.63) is 0 Å². The maximum absolute atomic E-state index is 12.9. The van der Waals surface area contributed by atoms with Gasteiger partial charge in [-0.15, -0.1) is 0 Å². The van der Waals surface area contributed by atoms with Crippen molar-refractivity contribution in [2.45, 2.75) is 25.4 Å². The largest absolute Gasteiger partial charge is 0.384 e. The molecule has 2 rings (SSSR count). The van der Waals surface area contributed by atoms with E-state index >= 15 is 0 Å². The van der Waals surface area contributed by atoms with Crippen LogP contribution in [0, 0.1) is 5.41 Å². The zero-order chi connectivity index (χ0) is 9.31. The predicted octanol–water partition coefficient (Wildman–Crippen LogP) is 1.46. The van der Waals surface area contributed by atoms with Crippen molar-refractivity contribution in [1.29, 1.82) is 0 Å². The van der Waals surface area contributed by atoms with E-state index in [1.54, 1.807) is 7.11 Å². The van der Waals surface area contributed by atoms with E-state index in [0.717, 1.165) is 26.1 Å². The molecule has 0 unspecified atom stereocenters. The van der Waals surface area contributed by atoms with Gasteiger partial charge < -0.3 is 4.74 Å². The number of rotatable bonds is 4. The second kappa shape index (κ2) is 3.54. The molecule has 1 atom stereocenters. The van der Waals surface area contributed by atoms with Gasteiger partial charge in [0.25, 0.3) is 0 Å². The molecule has 3 heteroatoms. The fraction of sp³-hybridized carbons (Fsp3) is 1.00. The second-order valence-corrected chi connectivity index (χ2v) is 4.55. The Morgan fingerprint density at radius 1 is 1.54 bits per heavy atom. The van der Waals surface area contributed by atoms with Crippen LogP contribution in [0.15, 0.2) is 0 Å². The molecule has 0 spiro atoms. The van der Waals surface area contributed by atoms with Crippen molar-refractivity contribution < 1.29 is 9.13 Å². The van der Waals surface area contributed by atoms with Crippen LogP contribution in [0.3, 0.4) is 0 Å². The fourth-order valence-electron chi connectivity index (χ4n) is 2.23. The maximum Gasteiger partial charge on any atom is 0.114 e. The van der Waals surface area contributed by atoms with Crippen molar-refractivity contribution in [1.82, 2.24) is 4.90 Å². The summed E-state index contributed by atoms with van der Waals surface area (Å²) in [7, 11) is 1.75. The summed E-state index contributed by atoms with van der Waals surface area (Å²) < 4.78 is 18.1. The van der Waals surface area contributed by atoms with Gasteiger partial charge in [0.2, 0.25) is 0 Å². The van der Waals surface area contributed by atoms with Crippen LogP contribution in [-0.4, -0.2) is 44.4 Å². The van der Waals surface area contributed by atoms with Gasteiger partial charge in [0.05, 0.1) is 6.61 Å². The smallest absolute Gasteiger partial charge is 0.114 e. The van der Waals surface area contributed by atoms with Gasteiger partial charge in [-0.25, -0.2) is 4.39 Å². The van der Waals surface area contributed by atoms with Crippen molar-refractivity contribution >= 4 is 0 Å². The van der Waals surface area contributed by atoms with E-state index in [1.807, 2.05) is 0 Å². The number of hydrogen-bond acceptors (Lipinski definition) is 2. The molecular weight excluding hydrogens is 169 g/mol. The second-order valence-electron chi connectivity index (χ2n) is 4.55. The molecular formula is C10H18FNO. The van der Waals surface area contributed by atoms with E-state index < -0.39 is 6.17 Å². The Hall–Kier alpha value is -0.150. The normalized spacial score (nSPS) is 32.3. The first-order valence-electron chi connectivity index (χ1n) is 5.09. The summed E-state index contributed by atoms with van der Waals surface area (Å²) in [6, 6.07) is 0. The standard InChI is InChI=1S/C10H18FNO/c1-13-8-10(3-4-10)7-12-5-2-9(11)6-12/h9H,2-8H2,1H3/t9-/m1/s1. The molecule has 0 radical (unpaired) electrons. The minimum atomic E-state index is -0.585. The van der Waals surface area contributed by atoms with E-state index in [-0.39, 0.29) is 0 Å². The highest BCUT2D eigenvalue weighted by molar-refractivity contribution is 4.96. The van der Waals surface area contributed by atoms with Crippen molar-refractivity contribution in [2.75, 3.05) is 33.4 Å². The van der Waals surface area contributed by atoms with Gasteiger partial charge in [-0.3, -0.25) is 4.90 Å². The average Bonchev–Trinajstić information content (AvgIpc) is 2.70. The SMILES string of the molecule is COCC1(CN2CC[C@@H](F)C2)CC1. The lowest BCUT2D eigenvalue weighted by molar-refractivity contribution is 0.113. The summed E-state index contributed by atoms with van der Waals surface area (Å²) in [5.74, 6) is 0. The van der Waals surface area contributed by atoms with Crippen LogP contribution in [0.25, 0.3) is 0 Å². The molecule has 1 heterocycles. The van der Waals surface area contributed by atoms with E-state index in [2.05, 4.69) is 4.90 Å². The number of hydrogen-bond donors (Lipinski definition) is 0. The lowest BCUT2D eigenvalue weighted by Crippen LogP contribution is -2.31. The molecule has 2 aliphatic rings. The molecule has 0 aromatic carbocycles. The van der Waals surface area contributed by atoms with Crippen LogP contribution in [0.2, 0.25) is 0 Å². The van der Waals surface area contributed by atoms with Gasteiger partial charge in [-0.1, -0.05) is 0 Å². The maximum atomic E-state index is 12.9. The fourth-order valence-corrected chi connectivity index (χ4v) is 2.23. The topological polar surface area (TPSA) is 12.5 Å². The van der Waals surface area contributed by atoms with Crippen molar-refractivity contribution in [2.24, 2.45) is 5.41 Å². The predicted molar refractivity (Wildman–Crippen MR) is 49.5 cm³/mol. The van der Waals surface area contributed by atoms with E-state index in [0.29, 0.717) is 12.0 Å². The first kappa shape index (κ1) is 9.41. The van der Waals surface area contributed by atoms with Gasteiger partial charge in [0, 0.05) is 32.2 Å². The van der Waals surface area contributed by atoms with Gasteiger partial charge in [-0.2, -0.15) is 0 Å². The first-order chi connectivity index (χ1) is 6.24. The zero-order valence-corrected chi connectivity index (χ0v) is 8.26. The molecule has 0 aromatic heterocycles. The van der Waals surface area contributed by atoms with Gasteiger partial charge >= 0.3 is 0 Å². The number of likely N-dealkylation sites (tertiary alicyclic amines) is 1. The number of ether oxygens (including phenoxy) is 1. The van der Waals surface area contributed by atoms with Gasteiger partial charge in [0.15, 0.2) is 0 Å². The molecule has 2 nitrogen and oxygen atoms in total. The lowest BCUT2D eigenvalue weighted by atomic mass is 10.1. The van der Waals surface area contributed by atoms with Crippen LogP contribution in [0.4, 0.5) is 4.39 Å². The van der Waals surface area contributed by atoms with Crippen LogP contribution in [-0.2, 0) is 4.74 Å². The van der Waals surface area contributed by atoms with E-state index in [4.69, 9.17) is 4.74 Å². The molecule has 1 aliphatic heterocycles. The lowest BCUT2D eigenvalue weighted by Gasteiger charge is -2.21. The average molecular weight is 187 g/mol. The molecule has 1 saturated carbocycles. The highest BCUT2D eigenvalue weighted by atomic mass is 19.1. The summed E-state index contributed by atoms with van der Waals surface area (Å²) in [5.41, 5.74) is 0.388. The van der Waals surface area contributed by atoms with Crippen LogP contribution in [0.1, 0.15) is 19.3 Å². The zero-order valence-electron chi connectivity index (χ0n) is 8.26. The third-order valence-corrected chi connectivity index (χ3v) is 3.18. The molecule has 2 fully saturated rings. The summed E-state index contributed by atoms with van der Waals surface area (Å²) in [6.07, 6.45) is 2.66. The van der Waals surface area contributed by atoms with Crippen molar-refractivity contribution in [3.8, 4) is 0 Å². The molecule has 0 N–H and O–H groups in total. The Labute approximate surface area is 79.1 Å². The Bertz CT molecular complexity index is 182. The minimum absolute atomic E-state index is 0.388. The monoisotopic (exact) mass is 187 g/mol. The third kappa shape index (κ3) is 2.20. The molecule has 0 bridgehead atoms. The Kier molecular flexibility index (Phi) is 2.56. The molecule has 0 aromatic rings. The molecule has 0 amide bonds. The van der Waals surface area contributed by atoms with Crippen molar-refractivity contribution in [3.63, 3.8) is 0 Å². The summed E-state index contributed by atoms with van der Waals surface area (Å²) in [5, 5.41) is 0. The number of halogens is 1. The Balaban J connectivity index is 1.77. The van der Waals surface area contributed by atoms with Gasteiger partial charge in [0.1, 0.15) is 6.17 Å². The van der Waals surface area contributed by atoms with Crippen LogP contribution >= 0.6 is 0 Å². The number of methoxy groups -OCH3 is 1. The quantitative estimate of drug-likeness (QED) is 0.660. The highest BCUT2D eigenvalue weighted by Gasteiger charge is 2.44. The summed E-state index contributed by atoms with van der Waals surface area (Å²) in [6.45, 7) is 3.47. The summed E-state index contributed by atoms with van der Waals surface area (Å²) in [4.78, 5) is 2.25. The number of nitrogens with zero attached hydrogens (tertiary/aromatic N) is 1. The molecule has 1 aliphatic carbocycles.